The molecule has 7 nitrogen and oxygen atoms in total. The summed E-state index contributed by atoms with van der Waals surface area (Å²) in [6.07, 6.45) is 2.52. The highest BCUT2D eigenvalue weighted by atomic mass is 32.1. The van der Waals surface area contributed by atoms with E-state index in [0.717, 1.165) is 42.9 Å². The SMILES string of the molecule is Cc1ccc(C2CCN(Cc3ccc4c(c3)C(=O)N(C3CCC(=O)NC3=O)C4=O)CC2)s1. The molecule has 0 saturated carbocycles. The molecule has 1 unspecified atom stereocenters. The molecule has 0 bridgehead atoms. The zero-order valence-corrected chi connectivity index (χ0v) is 18.7. The Kier molecular flexibility index (Phi) is 5.43. The summed E-state index contributed by atoms with van der Waals surface area (Å²) >= 11 is 1.89. The lowest BCUT2D eigenvalue weighted by atomic mass is 9.95. The Balaban J connectivity index is 1.26. The largest absolute Gasteiger partial charge is 0.299 e. The Hall–Kier alpha value is -2.84. The number of carbonyl (C=O) groups is 4. The van der Waals surface area contributed by atoms with Crippen molar-refractivity contribution < 1.29 is 19.2 Å². The van der Waals surface area contributed by atoms with Gasteiger partial charge in [0.05, 0.1) is 11.1 Å². The van der Waals surface area contributed by atoms with E-state index >= 15 is 0 Å². The molecule has 0 spiro atoms. The molecule has 1 atom stereocenters. The summed E-state index contributed by atoms with van der Waals surface area (Å²) in [5.41, 5.74) is 1.66. The summed E-state index contributed by atoms with van der Waals surface area (Å²) in [7, 11) is 0. The average Bonchev–Trinajstić information content (AvgIpc) is 3.31. The normalized spacial score (nSPS) is 22.4. The summed E-state index contributed by atoms with van der Waals surface area (Å²) in [4.78, 5) is 55.7. The molecule has 5 rings (SSSR count). The van der Waals surface area contributed by atoms with Crippen molar-refractivity contribution >= 4 is 35.0 Å². The zero-order chi connectivity index (χ0) is 22.4. The standard InChI is InChI=1S/C24H25N3O4S/c1-14-2-6-20(32-14)16-8-10-26(11-9-16)13-15-3-4-17-18(12-15)24(31)27(23(17)30)19-5-7-21(28)25-22(19)29/h2-4,6,12,16,19H,5,7-11,13H2,1H3,(H,25,28,29). The van der Waals surface area contributed by atoms with E-state index < -0.39 is 23.8 Å². The van der Waals surface area contributed by atoms with Crippen LogP contribution < -0.4 is 5.32 Å². The number of thiophene rings is 1. The molecule has 0 aliphatic carbocycles. The minimum absolute atomic E-state index is 0.121. The zero-order valence-electron chi connectivity index (χ0n) is 17.9. The van der Waals surface area contributed by atoms with Gasteiger partial charge in [-0.15, -0.1) is 11.3 Å². The van der Waals surface area contributed by atoms with Crippen LogP contribution in [0, 0.1) is 6.92 Å². The van der Waals surface area contributed by atoms with Crippen LogP contribution >= 0.6 is 11.3 Å². The van der Waals surface area contributed by atoms with E-state index in [4.69, 9.17) is 0 Å². The third kappa shape index (κ3) is 3.78. The fourth-order valence-corrected chi connectivity index (χ4v) is 5.97. The first-order valence-corrected chi connectivity index (χ1v) is 11.9. The van der Waals surface area contributed by atoms with Gasteiger partial charge in [-0.2, -0.15) is 0 Å². The minimum atomic E-state index is -0.927. The summed E-state index contributed by atoms with van der Waals surface area (Å²) in [5, 5.41) is 2.23. The van der Waals surface area contributed by atoms with Crippen molar-refractivity contribution in [1.29, 1.82) is 0 Å². The predicted octanol–water partition coefficient (Wildman–Crippen LogP) is 2.84. The second-order valence-electron chi connectivity index (χ2n) is 8.83. The number of nitrogens with zero attached hydrogens (tertiary/aromatic N) is 2. The Morgan fingerprint density at radius 1 is 0.969 bits per heavy atom. The second-order valence-corrected chi connectivity index (χ2v) is 10.1. The molecule has 4 heterocycles. The van der Waals surface area contributed by atoms with E-state index in [-0.39, 0.29) is 18.7 Å². The van der Waals surface area contributed by atoms with Crippen molar-refractivity contribution in [3.05, 3.63) is 56.8 Å². The van der Waals surface area contributed by atoms with Crippen LogP contribution in [0.4, 0.5) is 0 Å². The van der Waals surface area contributed by atoms with Gasteiger partial charge in [-0.05, 0) is 75.0 Å². The molecule has 3 aliphatic heterocycles. The van der Waals surface area contributed by atoms with E-state index in [1.54, 1.807) is 12.1 Å². The lowest BCUT2D eigenvalue weighted by molar-refractivity contribution is -0.136. The highest BCUT2D eigenvalue weighted by Gasteiger charge is 2.44. The molecule has 166 valence electrons. The van der Waals surface area contributed by atoms with Gasteiger partial charge < -0.3 is 0 Å². The van der Waals surface area contributed by atoms with Crippen LogP contribution in [-0.2, 0) is 16.1 Å². The number of imide groups is 2. The number of rotatable bonds is 4. The van der Waals surface area contributed by atoms with E-state index in [1.807, 2.05) is 17.4 Å². The molecular weight excluding hydrogens is 426 g/mol. The maximum absolute atomic E-state index is 13.0. The fraction of sp³-hybridized carbons (Fsp3) is 0.417. The lowest BCUT2D eigenvalue weighted by Gasteiger charge is -2.31. The summed E-state index contributed by atoms with van der Waals surface area (Å²) in [6, 6.07) is 8.88. The Morgan fingerprint density at radius 2 is 1.72 bits per heavy atom. The number of aryl methyl sites for hydroxylation is 1. The monoisotopic (exact) mass is 451 g/mol. The third-order valence-corrected chi connectivity index (χ3v) is 7.82. The number of nitrogens with one attached hydrogen (secondary N) is 1. The molecule has 2 fully saturated rings. The smallest absolute Gasteiger partial charge is 0.262 e. The first kappa shape index (κ1) is 21.0. The molecule has 8 heteroatoms. The van der Waals surface area contributed by atoms with E-state index in [9.17, 15) is 19.2 Å². The molecule has 2 saturated heterocycles. The van der Waals surface area contributed by atoms with E-state index in [2.05, 4.69) is 29.3 Å². The number of hydrogen-bond donors (Lipinski definition) is 1. The summed E-state index contributed by atoms with van der Waals surface area (Å²) < 4.78 is 0. The van der Waals surface area contributed by atoms with Crippen LogP contribution in [-0.4, -0.2) is 52.6 Å². The number of carbonyl (C=O) groups excluding carboxylic acids is 4. The van der Waals surface area contributed by atoms with Crippen LogP contribution in [0.3, 0.4) is 0 Å². The number of amides is 4. The molecule has 32 heavy (non-hydrogen) atoms. The summed E-state index contributed by atoms with van der Waals surface area (Å²) in [5.74, 6) is -1.25. The Morgan fingerprint density at radius 3 is 2.41 bits per heavy atom. The number of piperidine rings is 2. The molecule has 4 amide bonds. The first-order valence-electron chi connectivity index (χ1n) is 11.0. The van der Waals surface area contributed by atoms with Gasteiger partial charge in [-0.1, -0.05) is 6.07 Å². The number of fused-ring (bicyclic) bond motifs is 1. The van der Waals surface area contributed by atoms with Gasteiger partial charge in [0.15, 0.2) is 0 Å². The molecule has 0 radical (unpaired) electrons. The van der Waals surface area contributed by atoms with Crippen molar-refractivity contribution in [2.75, 3.05) is 13.1 Å². The van der Waals surface area contributed by atoms with Crippen molar-refractivity contribution in [3.8, 4) is 0 Å². The number of benzene rings is 1. The van der Waals surface area contributed by atoms with Crippen LogP contribution in [0.1, 0.15) is 67.6 Å². The molecular formula is C24H25N3O4S. The predicted molar refractivity (Wildman–Crippen MR) is 119 cm³/mol. The minimum Gasteiger partial charge on any atom is -0.299 e. The number of hydrogen-bond acceptors (Lipinski definition) is 6. The Bertz CT molecular complexity index is 1120. The highest BCUT2D eigenvalue weighted by molar-refractivity contribution is 7.12. The van der Waals surface area contributed by atoms with Gasteiger partial charge in [0.1, 0.15) is 6.04 Å². The lowest BCUT2D eigenvalue weighted by Crippen LogP contribution is -2.54. The van der Waals surface area contributed by atoms with E-state index in [0.29, 0.717) is 17.0 Å². The number of likely N-dealkylation sites (tertiary alicyclic amines) is 1. The first-order chi connectivity index (χ1) is 15.4. The van der Waals surface area contributed by atoms with Gasteiger partial charge >= 0.3 is 0 Å². The van der Waals surface area contributed by atoms with Crippen molar-refractivity contribution in [1.82, 2.24) is 15.1 Å². The molecule has 1 aromatic heterocycles. The van der Waals surface area contributed by atoms with E-state index in [1.165, 1.54) is 9.75 Å². The Labute approximate surface area is 190 Å². The second kappa shape index (κ2) is 8.26. The molecule has 1 N–H and O–H groups in total. The van der Waals surface area contributed by atoms with Crippen LogP contribution in [0.2, 0.25) is 0 Å². The topological polar surface area (TPSA) is 86.8 Å². The van der Waals surface area contributed by atoms with Gasteiger partial charge in [-0.25, -0.2) is 0 Å². The highest BCUT2D eigenvalue weighted by Crippen LogP contribution is 2.34. The third-order valence-electron chi connectivity index (χ3n) is 6.66. The van der Waals surface area contributed by atoms with Gasteiger partial charge in [0.2, 0.25) is 11.8 Å². The maximum Gasteiger partial charge on any atom is 0.262 e. The molecule has 3 aliphatic rings. The van der Waals surface area contributed by atoms with Crippen molar-refractivity contribution in [3.63, 3.8) is 0 Å². The van der Waals surface area contributed by atoms with Crippen molar-refractivity contribution in [2.24, 2.45) is 0 Å². The van der Waals surface area contributed by atoms with Gasteiger partial charge in [-0.3, -0.25) is 34.3 Å². The van der Waals surface area contributed by atoms with Crippen molar-refractivity contribution in [2.45, 2.75) is 51.1 Å². The summed E-state index contributed by atoms with van der Waals surface area (Å²) in [6.45, 7) is 4.86. The fourth-order valence-electron chi connectivity index (χ4n) is 4.92. The molecule has 2 aromatic rings. The average molecular weight is 452 g/mol. The van der Waals surface area contributed by atoms with Crippen LogP contribution in [0.5, 0.6) is 0 Å². The molecule has 1 aromatic carbocycles. The quantitative estimate of drug-likeness (QED) is 0.723. The van der Waals surface area contributed by atoms with Crippen LogP contribution in [0.15, 0.2) is 30.3 Å². The van der Waals surface area contributed by atoms with Crippen LogP contribution in [0.25, 0.3) is 0 Å². The van der Waals surface area contributed by atoms with Gasteiger partial charge in [0.25, 0.3) is 11.8 Å². The van der Waals surface area contributed by atoms with Gasteiger partial charge in [0, 0.05) is 22.7 Å². The maximum atomic E-state index is 13.0.